The van der Waals surface area contributed by atoms with Crippen LogP contribution in [0.15, 0.2) is 47.6 Å². The second kappa shape index (κ2) is 8.99. The number of anilines is 1. The van der Waals surface area contributed by atoms with Gasteiger partial charge in [0.25, 0.3) is 5.91 Å². The third-order valence-corrected chi connectivity index (χ3v) is 6.77. The van der Waals surface area contributed by atoms with Gasteiger partial charge in [0, 0.05) is 5.57 Å². The number of sulfone groups is 1. The Balaban J connectivity index is 1.93. The number of aryl methyl sites for hydroxylation is 1. The highest BCUT2D eigenvalue weighted by molar-refractivity contribution is 7.91. The first-order valence-corrected chi connectivity index (χ1v) is 11.3. The lowest BCUT2D eigenvalue weighted by molar-refractivity contribution is -0.111. The van der Waals surface area contributed by atoms with Crippen molar-refractivity contribution in [2.75, 3.05) is 11.1 Å². The van der Waals surface area contributed by atoms with E-state index in [4.69, 9.17) is 0 Å². The van der Waals surface area contributed by atoms with Crippen molar-refractivity contribution in [2.45, 2.75) is 43.9 Å². The maximum absolute atomic E-state index is 13.6. The Morgan fingerprint density at radius 1 is 1.13 bits per heavy atom. The fraction of sp³-hybridized carbons (Fsp3) is 0.381. The summed E-state index contributed by atoms with van der Waals surface area (Å²) in [6, 6.07) is 5.88. The van der Waals surface area contributed by atoms with Gasteiger partial charge in [-0.3, -0.25) is 9.78 Å². The van der Waals surface area contributed by atoms with Gasteiger partial charge in [0.1, 0.15) is 12.3 Å². The average molecular weight is 435 g/mol. The maximum Gasteiger partial charge on any atom is 0.257 e. The van der Waals surface area contributed by atoms with E-state index >= 15 is 0 Å². The summed E-state index contributed by atoms with van der Waals surface area (Å²) in [6.07, 6.45) is 1.32. The van der Waals surface area contributed by atoms with Gasteiger partial charge in [-0.05, 0) is 43.4 Å². The van der Waals surface area contributed by atoms with Crippen LogP contribution in [0.2, 0.25) is 0 Å². The van der Waals surface area contributed by atoms with Crippen molar-refractivity contribution in [3.8, 4) is 0 Å². The summed E-state index contributed by atoms with van der Waals surface area (Å²) >= 11 is 0. The normalized spacial score (nSPS) is 22.1. The van der Waals surface area contributed by atoms with Gasteiger partial charge in [-0.1, -0.05) is 25.1 Å². The zero-order valence-electron chi connectivity index (χ0n) is 16.7. The Morgan fingerprint density at radius 3 is 2.30 bits per heavy atom. The molecule has 30 heavy (non-hydrogen) atoms. The van der Waals surface area contributed by atoms with Gasteiger partial charge in [-0.15, -0.1) is 0 Å². The SMILES string of the molecule is CCS(=O)(=O)c1ccc(/C(=C\C2C[C@@H](F)[C@@H](F)C2)C(=O)Nc2cnc(C)cn2)cc1. The van der Waals surface area contributed by atoms with Crippen molar-refractivity contribution in [1.29, 1.82) is 0 Å². The fourth-order valence-corrected chi connectivity index (χ4v) is 4.18. The van der Waals surface area contributed by atoms with E-state index in [2.05, 4.69) is 15.3 Å². The number of aromatic nitrogens is 2. The van der Waals surface area contributed by atoms with Crippen molar-refractivity contribution in [1.82, 2.24) is 9.97 Å². The molecule has 1 N–H and O–H groups in total. The topological polar surface area (TPSA) is 89.0 Å². The molecule has 1 aliphatic carbocycles. The second-order valence-corrected chi connectivity index (χ2v) is 9.55. The van der Waals surface area contributed by atoms with Crippen LogP contribution in [0.3, 0.4) is 0 Å². The van der Waals surface area contributed by atoms with Crippen LogP contribution in [-0.4, -0.2) is 42.4 Å². The molecule has 0 radical (unpaired) electrons. The number of carbonyl (C=O) groups is 1. The Morgan fingerprint density at radius 2 is 1.77 bits per heavy atom. The third kappa shape index (κ3) is 5.08. The van der Waals surface area contributed by atoms with E-state index in [-0.39, 0.29) is 34.9 Å². The second-order valence-electron chi connectivity index (χ2n) is 7.27. The summed E-state index contributed by atoms with van der Waals surface area (Å²) in [4.78, 5) is 21.2. The Hall–Kier alpha value is -2.68. The van der Waals surface area contributed by atoms with Crippen LogP contribution in [-0.2, 0) is 14.6 Å². The van der Waals surface area contributed by atoms with Crippen LogP contribution in [0.1, 0.15) is 31.0 Å². The number of nitrogens with one attached hydrogen (secondary N) is 1. The van der Waals surface area contributed by atoms with Crippen molar-refractivity contribution in [3.05, 3.63) is 54.0 Å². The van der Waals surface area contributed by atoms with Crippen LogP contribution in [0.25, 0.3) is 5.57 Å². The molecule has 3 atom stereocenters. The third-order valence-electron chi connectivity index (χ3n) is 5.02. The number of nitrogens with zero attached hydrogens (tertiary/aromatic N) is 2. The molecular weight excluding hydrogens is 412 g/mol. The van der Waals surface area contributed by atoms with Crippen molar-refractivity contribution < 1.29 is 22.0 Å². The van der Waals surface area contributed by atoms with Gasteiger partial charge in [0.05, 0.1) is 28.7 Å². The molecule has 2 aromatic rings. The number of halogens is 2. The van der Waals surface area contributed by atoms with E-state index < -0.39 is 34.0 Å². The molecule has 1 heterocycles. The maximum atomic E-state index is 13.6. The first kappa shape index (κ1) is 22.0. The number of rotatable bonds is 6. The molecule has 1 aromatic heterocycles. The molecule has 0 saturated heterocycles. The quantitative estimate of drug-likeness (QED) is 0.699. The highest BCUT2D eigenvalue weighted by Gasteiger charge is 2.34. The highest BCUT2D eigenvalue weighted by Crippen LogP contribution is 2.34. The summed E-state index contributed by atoms with van der Waals surface area (Å²) in [6.45, 7) is 3.31. The molecule has 1 fully saturated rings. The summed E-state index contributed by atoms with van der Waals surface area (Å²) in [5.74, 6) is -0.768. The Labute approximate surface area is 174 Å². The molecule has 0 aliphatic heterocycles. The highest BCUT2D eigenvalue weighted by atomic mass is 32.2. The molecule has 1 amide bonds. The number of carbonyl (C=O) groups excluding carboxylic acids is 1. The summed E-state index contributed by atoms with van der Waals surface area (Å²) in [5.41, 5.74) is 1.33. The summed E-state index contributed by atoms with van der Waals surface area (Å²) in [7, 11) is -3.39. The lowest BCUT2D eigenvalue weighted by Crippen LogP contribution is -2.16. The van der Waals surface area contributed by atoms with Gasteiger partial charge in [-0.2, -0.15) is 0 Å². The minimum Gasteiger partial charge on any atom is -0.305 e. The molecule has 9 heteroatoms. The van der Waals surface area contributed by atoms with E-state index in [1.165, 1.54) is 36.7 Å². The number of allylic oxidation sites excluding steroid dienone is 1. The lowest BCUT2D eigenvalue weighted by atomic mass is 9.98. The van der Waals surface area contributed by atoms with E-state index in [0.29, 0.717) is 11.3 Å². The summed E-state index contributed by atoms with van der Waals surface area (Å²) < 4.78 is 51.4. The number of alkyl halides is 2. The molecule has 160 valence electrons. The van der Waals surface area contributed by atoms with Gasteiger partial charge >= 0.3 is 0 Å². The largest absolute Gasteiger partial charge is 0.305 e. The molecule has 0 bridgehead atoms. The molecule has 1 saturated carbocycles. The molecule has 1 aliphatic rings. The predicted octanol–water partition coefficient (Wildman–Crippen LogP) is 3.69. The smallest absolute Gasteiger partial charge is 0.257 e. The van der Waals surface area contributed by atoms with Crippen LogP contribution in [0, 0.1) is 12.8 Å². The van der Waals surface area contributed by atoms with Gasteiger partial charge in [0.15, 0.2) is 15.7 Å². The first-order chi connectivity index (χ1) is 14.2. The minimum absolute atomic E-state index is 0.00934. The van der Waals surface area contributed by atoms with E-state index in [9.17, 15) is 22.0 Å². The van der Waals surface area contributed by atoms with Gasteiger partial charge in [-0.25, -0.2) is 22.2 Å². The van der Waals surface area contributed by atoms with Crippen molar-refractivity contribution in [2.24, 2.45) is 5.92 Å². The van der Waals surface area contributed by atoms with Gasteiger partial charge in [0.2, 0.25) is 0 Å². The van der Waals surface area contributed by atoms with Gasteiger partial charge < -0.3 is 5.32 Å². The molecule has 1 unspecified atom stereocenters. The van der Waals surface area contributed by atoms with E-state index in [1.807, 2.05) is 0 Å². The monoisotopic (exact) mass is 435 g/mol. The number of amides is 1. The average Bonchev–Trinajstić information content (AvgIpc) is 3.05. The van der Waals surface area contributed by atoms with Crippen molar-refractivity contribution in [3.63, 3.8) is 0 Å². The van der Waals surface area contributed by atoms with Crippen LogP contribution in [0.5, 0.6) is 0 Å². The number of benzene rings is 1. The molecule has 3 rings (SSSR count). The molecular formula is C21H23F2N3O3S. The van der Waals surface area contributed by atoms with Crippen LogP contribution < -0.4 is 5.32 Å². The summed E-state index contributed by atoms with van der Waals surface area (Å²) in [5, 5.41) is 2.63. The van der Waals surface area contributed by atoms with Crippen LogP contribution in [0.4, 0.5) is 14.6 Å². The fourth-order valence-electron chi connectivity index (χ4n) is 3.29. The van der Waals surface area contributed by atoms with E-state index in [0.717, 1.165) is 0 Å². The molecule has 1 aromatic carbocycles. The number of hydrogen-bond donors (Lipinski definition) is 1. The first-order valence-electron chi connectivity index (χ1n) is 9.62. The van der Waals surface area contributed by atoms with E-state index in [1.54, 1.807) is 19.9 Å². The standard InChI is InChI=1S/C21H23F2N3O3S/c1-3-30(28,29)16-6-4-15(5-7-16)17(8-14-9-18(22)19(23)10-14)21(27)26-20-12-24-13(2)11-25-20/h4-8,11-12,14,18-19H,3,9-10H2,1-2H3,(H,25,26,27)/b17-8+/t14?,18-,19+. The molecule has 0 spiro atoms. The molecule has 6 nitrogen and oxygen atoms in total. The van der Waals surface area contributed by atoms with Crippen molar-refractivity contribution >= 4 is 27.1 Å². The zero-order valence-corrected chi connectivity index (χ0v) is 17.5. The lowest BCUT2D eigenvalue weighted by Gasteiger charge is -2.12. The Kier molecular flexibility index (Phi) is 6.60. The Bertz CT molecular complexity index is 1030. The minimum atomic E-state index is -3.39. The predicted molar refractivity (Wildman–Crippen MR) is 110 cm³/mol. The van der Waals surface area contributed by atoms with Crippen LogP contribution >= 0.6 is 0 Å². The number of hydrogen-bond acceptors (Lipinski definition) is 5. The zero-order chi connectivity index (χ0) is 21.9.